The average Bonchev–Trinajstić information content (AvgIpc) is 2.81. The van der Waals surface area contributed by atoms with Gasteiger partial charge in [-0.2, -0.15) is 0 Å². The average molecular weight is 287 g/mol. The molecule has 0 bridgehead atoms. The maximum atomic E-state index is 12.0. The van der Waals surface area contributed by atoms with Crippen LogP contribution in [0.2, 0.25) is 0 Å². The predicted molar refractivity (Wildman–Crippen MR) is 72.4 cm³/mol. The number of carbonyl (C=O) groups is 2. The van der Waals surface area contributed by atoms with Gasteiger partial charge >= 0.3 is 6.16 Å². The third-order valence-electron chi connectivity index (χ3n) is 3.09. The zero-order chi connectivity index (χ0) is 14.8. The van der Waals surface area contributed by atoms with Crippen LogP contribution in [0.15, 0.2) is 30.6 Å². The van der Waals surface area contributed by atoms with Gasteiger partial charge in [0.05, 0.1) is 24.4 Å². The fraction of sp³-hybridized carbons (Fsp3) is 0.214. The van der Waals surface area contributed by atoms with Gasteiger partial charge < -0.3 is 14.8 Å². The monoisotopic (exact) mass is 287 g/mol. The Morgan fingerprint density at radius 1 is 1.43 bits per heavy atom. The van der Waals surface area contributed by atoms with Crippen LogP contribution < -0.4 is 10.1 Å². The smallest absolute Gasteiger partial charge is 0.434 e. The van der Waals surface area contributed by atoms with E-state index in [-0.39, 0.29) is 24.9 Å². The molecule has 7 heteroatoms. The predicted octanol–water partition coefficient (Wildman–Crippen LogP) is 1.65. The molecule has 108 valence electrons. The number of hydrogen-bond donors (Lipinski definition) is 1. The van der Waals surface area contributed by atoms with Crippen LogP contribution in [0.3, 0.4) is 0 Å². The number of aromatic nitrogens is 2. The van der Waals surface area contributed by atoms with Crippen LogP contribution in [-0.2, 0) is 11.3 Å². The fourth-order valence-corrected chi connectivity index (χ4v) is 2.17. The van der Waals surface area contributed by atoms with Crippen molar-refractivity contribution in [2.45, 2.75) is 13.5 Å². The summed E-state index contributed by atoms with van der Waals surface area (Å²) in [6.07, 6.45) is 0.700. The zero-order valence-corrected chi connectivity index (χ0v) is 11.3. The molecule has 1 amide bonds. The van der Waals surface area contributed by atoms with Crippen LogP contribution in [0.1, 0.15) is 23.0 Å². The number of ether oxygens (including phenoxy) is 2. The summed E-state index contributed by atoms with van der Waals surface area (Å²) in [6.45, 7) is 2.11. The molecule has 0 radical (unpaired) electrons. The molecule has 0 saturated carbocycles. The van der Waals surface area contributed by atoms with E-state index in [4.69, 9.17) is 9.47 Å². The van der Waals surface area contributed by atoms with E-state index < -0.39 is 6.16 Å². The molecule has 0 atom stereocenters. The van der Waals surface area contributed by atoms with Gasteiger partial charge in [0.15, 0.2) is 0 Å². The maximum absolute atomic E-state index is 12.0. The highest BCUT2D eigenvalue weighted by Gasteiger charge is 2.24. The molecule has 0 fully saturated rings. The molecular weight excluding hydrogens is 274 g/mol. The standard InChI is InChI=1S/C14H13N3O4/c1-2-20-14(19)21-13-11-7-15-12(18)9-5-3-4-6-10(9)17(11)8-16-13/h3-6,8H,2,7H2,1H3,(H,15,18). The van der Waals surface area contributed by atoms with Crippen molar-refractivity contribution in [1.29, 1.82) is 0 Å². The van der Waals surface area contributed by atoms with Gasteiger partial charge in [0.25, 0.3) is 5.91 Å². The molecule has 1 aliphatic rings. The Labute approximate surface area is 120 Å². The minimum Gasteiger partial charge on any atom is -0.434 e. The summed E-state index contributed by atoms with van der Waals surface area (Å²) in [5, 5.41) is 2.76. The van der Waals surface area contributed by atoms with Crippen LogP contribution in [-0.4, -0.2) is 28.2 Å². The molecule has 0 spiro atoms. The molecule has 1 aromatic carbocycles. The van der Waals surface area contributed by atoms with Gasteiger partial charge in [-0.3, -0.25) is 9.36 Å². The van der Waals surface area contributed by atoms with Gasteiger partial charge in [0, 0.05) is 0 Å². The first-order valence-corrected chi connectivity index (χ1v) is 6.49. The van der Waals surface area contributed by atoms with Gasteiger partial charge in [-0.1, -0.05) is 12.1 Å². The van der Waals surface area contributed by atoms with Gasteiger partial charge in [-0.05, 0) is 19.1 Å². The third kappa shape index (κ3) is 2.33. The lowest BCUT2D eigenvalue weighted by molar-refractivity contribution is 0.0952. The normalized spacial score (nSPS) is 12.7. The number of fused-ring (bicyclic) bond motifs is 3. The fourth-order valence-electron chi connectivity index (χ4n) is 2.17. The lowest BCUT2D eigenvalue weighted by Crippen LogP contribution is -2.21. The van der Waals surface area contributed by atoms with Crippen LogP contribution in [0, 0.1) is 0 Å². The summed E-state index contributed by atoms with van der Waals surface area (Å²) in [4.78, 5) is 27.5. The van der Waals surface area contributed by atoms with Crippen molar-refractivity contribution in [2.75, 3.05) is 6.61 Å². The quantitative estimate of drug-likeness (QED) is 0.849. The highest BCUT2D eigenvalue weighted by atomic mass is 16.7. The van der Waals surface area contributed by atoms with Crippen LogP contribution in [0.25, 0.3) is 5.69 Å². The molecular formula is C14H13N3O4. The Hall–Kier alpha value is -2.83. The van der Waals surface area contributed by atoms with Gasteiger partial charge in [-0.25, -0.2) is 9.78 Å². The van der Waals surface area contributed by atoms with Gasteiger partial charge in [-0.15, -0.1) is 0 Å². The molecule has 7 nitrogen and oxygen atoms in total. The van der Waals surface area contributed by atoms with E-state index in [0.29, 0.717) is 16.9 Å². The lowest BCUT2D eigenvalue weighted by atomic mass is 10.1. The Morgan fingerprint density at radius 2 is 2.24 bits per heavy atom. The molecule has 2 aromatic rings. The highest BCUT2D eigenvalue weighted by Crippen LogP contribution is 2.26. The second kappa shape index (κ2) is 5.28. The van der Waals surface area contributed by atoms with E-state index in [9.17, 15) is 9.59 Å². The van der Waals surface area contributed by atoms with Crippen molar-refractivity contribution in [3.8, 4) is 11.6 Å². The van der Waals surface area contributed by atoms with E-state index in [0.717, 1.165) is 0 Å². The number of imidazole rings is 1. The first-order valence-electron chi connectivity index (χ1n) is 6.49. The zero-order valence-electron chi connectivity index (χ0n) is 11.3. The number of rotatable bonds is 2. The minimum absolute atomic E-state index is 0.130. The lowest BCUT2D eigenvalue weighted by Gasteiger charge is -2.07. The summed E-state index contributed by atoms with van der Waals surface area (Å²) in [6, 6.07) is 7.15. The number of amides is 1. The third-order valence-corrected chi connectivity index (χ3v) is 3.09. The van der Waals surface area contributed by atoms with Crippen LogP contribution in [0.4, 0.5) is 4.79 Å². The van der Waals surface area contributed by atoms with E-state index in [2.05, 4.69) is 10.3 Å². The first-order chi connectivity index (χ1) is 10.2. The first kappa shape index (κ1) is 13.2. The number of para-hydroxylation sites is 1. The molecule has 3 rings (SSSR count). The van der Waals surface area contributed by atoms with E-state index in [1.54, 1.807) is 29.7 Å². The number of nitrogens with zero attached hydrogens (tertiary/aromatic N) is 2. The Morgan fingerprint density at radius 3 is 3.05 bits per heavy atom. The summed E-state index contributed by atoms with van der Waals surface area (Å²) in [7, 11) is 0. The van der Waals surface area contributed by atoms with Crippen molar-refractivity contribution in [3.05, 3.63) is 41.9 Å². The van der Waals surface area contributed by atoms with E-state index >= 15 is 0 Å². The molecule has 1 aliphatic heterocycles. The van der Waals surface area contributed by atoms with E-state index in [1.807, 2.05) is 6.07 Å². The van der Waals surface area contributed by atoms with Crippen molar-refractivity contribution < 1.29 is 19.1 Å². The van der Waals surface area contributed by atoms with Gasteiger partial charge in [0.2, 0.25) is 5.88 Å². The van der Waals surface area contributed by atoms with Gasteiger partial charge in [0.1, 0.15) is 12.0 Å². The number of hydrogen-bond acceptors (Lipinski definition) is 5. The van der Waals surface area contributed by atoms with Crippen LogP contribution >= 0.6 is 0 Å². The number of carbonyl (C=O) groups excluding carboxylic acids is 2. The Kier molecular flexibility index (Phi) is 3.31. The van der Waals surface area contributed by atoms with Crippen LogP contribution in [0.5, 0.6) is 5.88 Å². The molecule has 0 unspecified atom stereocenters. The summed E-state index contributed by atoms with van der Waals surface area (Å²) < 4.78 is 11.5. The second-order valence-corrected chi connectivity index (χ2v) is 4.35. The molecule has 21 heavy (non-hydrogen) atoms. The molecule has 1 N–H and O–H groups in total. The molecule has 0 saturated heterocycles. The number of nitrogens with one attached hydrogen (secondary N) is 1. The summed E-state index contributed by atoms with van der Waals surface area (Å²) >= 11 is 0. The van der Waals surface area contributed by atoms with Crippen molar-refractivity contribution >= 4 is 12.1 Å². The molecule has 0 aliphatic carbocycles. The molecule has 1 aromatic heterocycles. The molecule has 2 heterocycles. The summed E-state index contributed by atoms with van der Waals surface area (Å²) in [5.41, 5.74) is 1.81. The van der Waals surface area contributed by atoms with Crippen molar-refractivity contribution in [2.24, 2.45) is 0 Å². The Balaban J connectivity index is 2.01. The van der Waals surface area contributed by atoms with E-state index in [1.165, 1.54) is 6.33 Å². The topological polar surface area (TPSA) is 82.4 Å². The largest absolute Gasteiger partial charge is 0.515 e. The Bertz CT molecular complexity index is 708. The maximum Gasteiger partial charge on any atom is 0.515 e. The van der Waals surface area contributed by atoms with Crippen molar-refractivity contribution in [1.82, 2.24) is 14.9 Å². The SMILES string of the molecule is CCOC(=O)Oc1ncn2c1CNC(=O)c1ccccc1-2. The summed E-state index contributed by atoms with van der Waals surface area (Å²) in [5.74, 6) is -0.0539. The second-order valence-electron chi connectivity index (χ2n) is 4.35. The highest BCUT2D eigenvalue weighted by molar-refractivity contribution is 5.98. The minimum atomic E-state index is -0.817. The van der Waals surface area contributed by atoms with Crippen molar-refractivity contribution in [3.63, 3.8) is 0 Å². The number of benzene rings is 1.